The summed E-state index contributed by atoms with van der Waals surface area (Å²) in [6, 6.07) is 9.91. The number of nitrogens with zero attached hydrogens (tertiary/aromatic N) is 6. The first-order valence-electron chi connectivity index (χ1n) is 13.3. The highest BCUT2D eigenvalue weighted by Crippen LogP contribution is 2.37. The molecule has 1 aromatic carbocycles. The van der Waals surface area contributed by atoms with Gasteiger partial charge in [0.2, 0.25) is 0 Å². The minimum absolute atomic E-state index is 0.222. The van der Waals surface area contributed by atoms with Crippen LogP contribution in [-0.4, -0.2) is 54.9 Å². The quantitative estimate of drug-likeness (QED) is 0.321. The van der Waals surface area contributed by atoms with Gasteiger partial charge in [-0.05, 0) is 56.2 Å². The number of imidazole rings is 1. The largest absolute Gasteiger partial charge is 0.419 e. The van der Waals surface area contributed by atoms with Crippen molar-refractivity contribution in [2.75, 3.05) is 29.9 Å². The number of aliphatic hydroxyl groups is 1. The van der Waals surface area contributed by atoms with Crippen molar-refractivity contribution < 1.29 is 18.3 Å². The van der Waals surface area contributed by atoms with Crippen molar-refractivity contribution in [3.63, 3.8) is 0 Å². The summed E-state index contributed by atoms with van der Waals surface area (Å²) in [6.07, 6.45) is -1.29. The molecule has 9 nitrogen and oxygen atoms in total. The van der Waals surface area contributed by atoms with Crippen LogP contribution in [0.3, 0.4) is 0 Å². The van der Waals surface area contributed by atoms with Crippen LogP contribution in [0.25, 0.3) is 38.8 Å². The summed E-state index contributed by atoms with van der Waals surface area (Å²) in [4.78, 5) is 28.9. The van der Waals surface area contributed by atoms with E-state index in [0.29, 0.717) is 64.9 Å². The minimum atomic E-state index is -4.59. The Morgan fingerprint density at radius 1 is 1.10 bits per heavy atom. The van der Waals surface area contributed by atoms with Gasteiger partial charge < -0.3 is 15.3 Å². The van der Waals surface area contributed by atoms with Crippen molar-refractivity contribution in [2.24, 2.45) is 7.05 Å². The van der Waals surface area contributed by atoms with E-state index >= 15 is 0 Å². The molecule has 0 saturated carbocycles. The van der Waals surface area contributed by atoms with Crippen LogP contribution in [0.4, 0.5) is 24.8 Å². The van der Waals surface area contributed by atoms with Crippen molar-refractivity contribution in [3.05, 3.63) is 70.5 Å². The van der Waals surface area contributed by atoms with Crippen LogP contribution >= 0.6 is 0 Å². The number of nitrogens with one attached hydrogen (secondary N) is 1. The van der Waals surface area contributed by atoms with Gasteiger partial charge in [-0.1, -0.05) is 6.07 Å². The fraction of sp³-hybridized carbons (Fsp3) is 0.310. The number of fused-ring (bicyclic) bond motifs is 3. The van der Waals surface area contributed by atoms with Crippen molar-refractivity contribution >= 4 is 33.6 Å². The van der Waals surface area contributed by atoms with Gasteiger partial charge in [-0.15, -0.1) is 0 Å². The van der Waals surface area contributed by atoms with E-state index in [9.17, 15) is 23.1 Å². The second kappa shape index (κ2) is 9.88. The number of β-amino-alcohol motifs (C(OH)–C–C–N with tert-alkyl or cyclic N) is 1. The van der Waals surface area contributed by atoms with Crippen LogP contribution < -0.4 is 15.9 Å². The summed E-state index contributed by atoms with van der Waals surface area (Å²) in [6.45, 7) is 5.02. The van der Waals surface area contributed by atoms with Crippen LogP contribution in [0.5, 0.6) is 0 Å². The van der Waals surface area contributed by atoms with Crippen molar-refractivity contribution in [1.29, 1.82) is 0 Å². The first-order chi connectivity index (χ1) is 19.6. The molecule has 1 saturated heterocycles. The van der Waals surface area contributed by atoms with Crippen LogP contribution in [0.15, 0.2) is 53.6 Å². The molecule has 5 aromatic rings. The number of hydrogen-bond acceptors (Lipinski definition) is 7. The number of aryl methyl sites for hydroxylation is 2. The second-order valence-corrected chi connectivity index (χ2v) is 10.2. The lowest BCUT2D eigenvalue weighted by molar-refractivity contribution is -0.137. The molecule has 1 aliphatic rings. The molecule has 4 aromatic heterocycles. The third-order valence-corrected chi connectivity index (χ3v) is 7.53. The van der Waals surface area contributed by atoms with Crippen molar-refractivity contribution in [2.45, 2.75) is 32.5 Å². The summed E-state index contributed by atoms with van der Waals surface area (Å²) in [7, 11) is 1.65. The number of anilines is 2. The maximum Gasteiger partial charge on any atom is 0.419 e. The molecule has 0 bridgehead atoms. The third kappa shape index (κ3) is 4.57. The average molecular weight is 564 g/mol. The van der Waals surface area contributed by atoms with E-state index < -0.39 is 17.8 Å². The molecule has 1 fully saturated rings. The molecule has 1 aliphatic heterocycles. The van der Waals surface area contributed by atoms with Gasteiger partial charge in [0, 0.05) is 43.8 Å². The summed E-state index contributed by atoms with van der Waals surface area (Å²) >= 11 is 0. The van der Waals surface area contributed by atoms with E-state index in [-0.39, 0.29) is 17.1 Å². The zero-order chi connectivity index (χ0) is 29.1. The van der Waals surface area contributed by atoms with Crippen LogP contribution in [0.1, 0.15) is 24.6 Å². The number of pyridine rings is 3. The molecular formula is C29H28F3N7O2. The third-order valence-electron chi connectivity index (χ3n) is 7.53. The summed E-state index contributed by atoms with van der Waals surface area (Å²) in [5, 5.41) is 13.2. The second-order valence-electron chi connectivity index (χ2n) is 10.2. The molecular weight excluding hydrogens is 535 g/mol. The van der Waals surface area contributed by atoms with Gasteiger partial charge in [0.25, 0.3) is 0 Å². The van der Waals surface area contributed by atoms with Gasteiger partial charge in [0.05, 0.1) is 45.8 Å². The van der Waals surface area contributed by atoms with Gasteiger partial charge in [0.15, 0.2) is 0 Å². The zero-order valence-corrected chi connectivity index (χ0v) is 22.7. The van der Waals surface area contributed by atoms with E-state index in [1.54, 1.807) is 42.9 Å². The maximum absolute atomic E-state index is 13.8. The average Bonchev–Trinajstić information content (AvgIpc) is 3.49. The summed E-state index contributed by atoms with van der Waals surface area (Å²) in [5.74, 6) is 0.499. The van der Waals surface area contributed by atoms with Gasteiger partial charge in [-0.3, -0.25) is 14.1 Å². The van der Waals surface area contributed by atoms with Crippen molar-refractivity contribution in [1.82, 2.24) is 24.1 Å². The van der Waals surface area contributed by atoms with Crippen LogP contribution in [-0.2, 0) is 13.2 Å². The smallest absolute Gasteiger partial charge is 0.391 e. The Hall–Kier alpha value is -4.45. The first-order valence-corrected chi connectivity index (χ1v) is 13.3. The number of aromatic nitrogens is 5. The molecule has 0 spiro atoms. The highest BCUT2D eigenvalue weighted by Gasteiger charge is 2.35. The van der Waals surface area contributed by atoms with E-state index in [1.165, 1.54) is 10.8 Å². The number of rotatable bonds is 5. The fourth-order valence-corrected chi connectivity index (χ4v) is 5.45. The van der Waals surface area contributed by atoms with E-state index in [4.69, 9.17) is 4.98 Å². The van der Waals surface area contributed by atoms with Gasteiger partial charge >= 0.3 is 11.9 Å². The number of alkyl halides is 3. The van der Waals surface area contributed by atoms with Crippen LogP contribution in [0.2, 0.25) is 0 Å². The fourth-order valence-electron chi connectivity index (χ4n) is 5.45. The van der Waals surface area contributed by atoms with E-state index in [0.717, 1.165) is 11.9 Å². The molecule has 5 heterocycles. The molecule has 1 unspecified atom stereocenters. The number of aliphatic hydroxyl groups excluding tert-OH is 1. The van der Waals surface area contributed by atoms with E-state index in [2.05, 4.69) is 15.3 Å². The Kier molecular flexibility index (Phi) is 6.45. The zero-order valence-electron chi connectivity index (χ0n) is 22.7. The van der Waals surface area contributed by atoms with Gasteiger partial charge in [-0.2, -0.15) is 13.2 Å². The SMILES string of the molecule is CCNc1ncc(-c2ccc3ncc4c(c3c2)n(-c2ccc(N3CCC(O)C3)nc2C)c(=O)n4C)cc1C(F)(F)F. The molecule has 0 amide bonds. The summed E-state index contributed by atoms with van der Waals surface area (Å²) < 4.78 is 44.6. The number of benzene rings is 1. The predicted molar refractivity (Wildman–Crippen MR) is 152 cm³/mol. The Morgan fingerprint density at radius 3 is 2.59 bits per heavy atom. The number of hydrogen-bond donors (Lipinski definition) is 2. The molecule has 12 heteroatoms. The monoisotopic (exact) mass is 563 g/mol. The normalized spacial score (nSPS) is 15.8. The lowest BCUT2D eigenvalue weighted by atomic mass is 10.0. The predicted octanol–water partition coefficient (Wildman–Crippen LogP) is 4.66. The van der Waals surface area contributed by atoms with E-state index in [1.807, 2.05) is 24.0 Å². The molecule has 41 heavy (non-hydrogen) atoms. The standard InChI is InChI=1S/C29H28F3N7O2/c1-4-33-27-21(29(30,31)32)12-18(13-35-27)17-5-6-22-20(11-17)26-24(14-34-22)37(3)28(41)39(26)23-7-8-25(36-16(23)2)38-10-9-19(40)15-38/h5-8,11-14,19,40H,4,9-10,15H2,1-3H3,(H,33,35). The molecule has 212 valence electrons. The molecule has 0 radical (unpaired) electrons. The highest BCUT2D eigenvalue weighted by molar-refractivity contribution is 6.04. The molecule has 6 rings (SSSR count). The Bertz CT molecular complexity index is 1860. The number of halogens is 3. The van der Waals surface area contributed by atoms with Crippen LogP contribution in [0, 0.1) is 6.92 Å². The van der Waals surface area contributed by atoms with Crippen molar-refractivity contribution in [3.8, 4) is 16.8 Å². The maximum atomic E-state index is 13.8. The van der Waals surface area contributed by atoms with Gasteiger partial charge in [0.1, 0.15) is 11.6 Å². The lowest BCUT2D eigenvalue weighted by Gasteiger charge is -2.18. The minimum Gasteiger partial charge on any atom is -0.391 e. The van der Waals surface area contributed by atoms with Gasteiger partial charge in [-0.25, -0.2) is 14.8 Å². The summed E-state index contributed by atoms with van der Waals surface area (Å²) in [5.41, 5.74) is 2.58. The highest BCUT2D eigenvalue weighted by atomic mass is 19.4. The molecule has 2 N–H and O–H groups in total. The molecule has 0 aliphatic carbocycles. The topological polar surface area (TPSA) is 101 Å². The molecule has 1 atom stereocenters. The Labute approximate surface area is 232 Å². The lowest BCUT2D eigenvalue weighted by Crippen LogP contribution is -2.24. The Morgan fingerprint density at radius 2 is 1.90 bits per heavy atom. The first kappa shape index (κ1) is 26.8. The Balaban J connectivity index is 1.54.